The van der Waals surface area contributed by atoms with Gasteiger partial charge in [-0.25, -0.2) is 17.6 Å². The summed E-state index contributed by atoms with van der Waals surface area (Å²) in [5, 5.41) is 0. The smallest absolute Gasteiger partial charge is 0.338 e. The van der Waals surface area contributed by atoms with Crippen molar-refractivity contribution in [2.75, 3.05) is 33.9 Å². The molecule has 1 aliphatic rings. The number of ether oxygens (including phenoxy) is 3. The molecule has 0 amide bonds. The lowest BCUT2D eigenvalue weighted by Crippen LogP contribution is -2.36. The van der Waals surface area contributed by atoms with Crippen LogP contribution in [-0.4, -0.2) is 58.4 Å². The minimum Gasteiger partial charge on any atom is -0.497 e. The van der Waals surface area contributed by atoms with Crippen molar-refractivity contribution in [3.05, 3.63) is 53.3 Å². The number of sulfonamides is 1. The van der Waals surface area contributed by atoms with Gasteiger partial charge in [-0.2, -0.15) is 4.31 Å². The average Bonchev–Trinajstić information content (AvgIpc) is 2.82. The Labute approximate surface area is 185 Å². The van der Waals surface area contributed by atoms with E-state index in [-0.39, 0.29) is 16.9 Å². The van der Waals surface area contributed by atoms with Crippen molar-refractivity contribution in [3.63, 3.8) is 0 Å². The molecule has 1 heterocycles. The van der Waals surface area contributed by atoms with E-state index in [0.29, 0.717) is 31.7 Å². The molecule has 0 unspecified atom stereocenters. The van der Waals surface area contributed by atoms with Crippen LogP contribution in [0.3, 0.4) is 0 Å². The molecule has 0 radical (unpaired) electrons. The first-order valence-corrected chi connectivity index (χ1v) is 11.4. The summed E-state index contributed by atoms with van der Waals surface area (Å²) in [5.74, 6) is -1.68. The number of esters is 1. The highest BCUT2D eigenvalue weighted by atomic mass is 32.2. The first-order chi connectivity index (χ1) is 15.3. The Morgan fingerprint density at radius 2 is 1.72 bits per heavy atom. The largest absolute Gasteiger partial charge is 0.497 e. The van der Waals surface area contributed by atoms with Crippen molar-refractivity contribution in [2.24, 2.45) is 0 Å². The molecule has 8 nitrogen and oxygen atoms in total. The predicted octanol–water partition coefficient (Wildman–Crippen LogP) is 3.06. The molecule has 0 saturated carbocycles. The zero-order valence-electron chi connectivity index (χ0n) is 17.8. The van der Waals surface area contributed by atoms with Gasteiger partial charge in [-0.3, -0.25) is 4.79 Å². The van der Waals surface area contributed by atoms with Crippen LogP contribution in [0.25, 0.3) is 0 Å². The van der Waals surface area contributed by atoms with Crippen molar-refractivity contribution in [2.45, 2.75) is 24.2 Å². The number of rotatable bonds is 8. The second-order valence-corrected chi connectivity index (χ2v) is 9.08. The van der Waals surface area contributed by atoms with E-state index >= 15 is 0 Å². The van der Waals surface area contributed by atoms with Crippen LogP contribution in [0.1, 0.15) is 40.0 Å². The molecule has 0 spiro atoms. The number of methoxy groups -OCH3 is 2. The van der Waals surface area contributed by atoms with Crippen molar-refractivity contribution < 1.29 is 36.6 Å². The minimum absolute atomic E-state index is 0.170. The second kappa shape index (κ2) is 10.1. The van der Waals surface area contributed by atoms with Gasteiger partial charge < -0.3 is 14.2 Å². The lowest BCUT2D eigenvalue weighted by atomic mass is 10.1. The normalized spacial score (nSPS) is 14.6. The third-order valence-electron chi connectivity index (χ3n) is 5.14. The third kappa shape index (κ3) is 5.08. The number of hydrogen-bond donors (Lipinski definition) is 0. The number of halogens is 1. The summed E-state index contributed by atoms with van der Waals surface area (Å²) in [4.78, 5) is 24.3. The Bertz CT molecular complexity index is 1110. The molecule has 1 saturated heterocycles. The Morgan fingerprint density at radius 3 is 2.38 bits per heavy atom. The number of carbonyl (C=O) groups is 2. The van der Waals surface area contributed by atoms with Crippen LogP contribution in [0.5, 0.6) is 11.5 Å². The van der Waals surface area contributed by atoms with Gasteiger partial charge >= 0.3 is 5.97 Å². The predicted molar refractivity (Wildman–Crippen MR) is 113 cm³/mol. The van der Waals surface area contributed by atoms with E-state index in [2.05, 4.69) is 0 Å². The van der Waals surface area contributed by atoms with Crippen LogP contribution in [0.4, 0.5) is 4.39 Å². The molecule has 0 aromatic heterocycles. The van der Waals surface area contributed by atoms with Gasteiger partial charge in [0.1, 0.15) is 22.2 Å². The van der Waals surface area contributed by atoms with Crippen LogP contribution in [0, 0.1) is 5.82 Å². The number of nitrogens with zero attached hydrogens (tertiary/aromatic N) is 1. The van der Waals surface area contributed by atoms with Gasteiger partial charge in [-0.1, -0.05) is 6.42 Å². The van der Waals surface area contributed by atoms with E-state index in [9.17, 15) is 22.4 Å². The fourth-order valence-corrected chi connectivity index (χ4v) is 5.00. The number of hydrogen-bond acceptors (Lipinski definition) is 7. The molecule has 1 fully saturated rings. The lowest BCUT2D eigenvalue weighted by Gasteiger charge is -2.26. The molecule has 10 heteroatoms. The van der Waals surface area contributed by atoms with Gasteiger partial charge in [0.05, 0.1) is 25.3 Å². The number of carbonyl (C=O) groups excluding carboxylic acids is 2. The van der Waals surface area contributed by atoms with E-state index in [4.69, 9.17) is 14.2 Å². The molecule has 0 N–H and O–H groups in total. The molecule has 0 atom stereocenters. The van der Waals surface area contributed by atoms with E-state index < -0.39 is 39.1 Å². The summed E-state index contributed by atoms with van der Waals surface area (Å²) < 4.78 is 56.5. The van der Waals surface area contributed by atoms with Gasteiger partial charge in [0.15, 0.2) is 6.61 Å². The molecule has 32 heavy (non-hydrogen) atoms. The van der Waals surface area contributed by atoms with Crippen molar-refractivity contribution in [1.29, 1.82) is 0 Å². The van der Waals surface area contributed by atoms with Crippen LogP contribution in [0.15, 0.2) is 41.3 Å². The SMILES string of the molecule is COc1ccc(C(=O)COC(=O)c2ccc(F)c(S(=O)(=O)N3CCCCC3)c2)c(OC)c1. The summed E-state index contributed by atoms with van der Waals surface area (Å²) in [6.07, 6.45) is 2.30. The first-order valence-electron chi connectivity index (χ1n) is 10.00. The van der Waals surface area contributed by atoms with Crippen LogP contribution >= 0.6 is 0 Å². The average molecular weight is 465 g/mol. The van der Waals surface area contributed by atoms with E-state index in [1.165, 1.54) is 30.7 Å². The Morgan fingerprint density at radius 1 is 1.00 bits per heavy atom. The maximum atomic E-state index is 14.3. The quantitative estimate of drug-likeness (QED) is 0.436. The summed E-state index contributed by atoms with van der Waals surface area (Å²) in [6.45, 7) is -0.00358. The standard InChI is InChI=1S/C22H24FNO7S/c1-29-16-7-8-17(20(13-16)30-2)19(25)14-31-22(26)15-6-9-18(23)21(12-15)32(27,28)24-10-4-3-5-11-24/h6-9,12-13H,3-5,10-11,14H2,1-2H3. The highest BCUT2D eigenvalue weighted by Gasteiger charge is 2.29. The number of Topliss-reactive ketones (excluding diaryl/α,β-unsaturated/α-hetero) is 1. The summed E-state index contributed by atoms with van der Waals surface area (Å²) in [7, 11) is -1.22. The Hall–Kier alpha value is -2.98. The van der Waals surface area contributed by atoms with Gasteiger partial charge in [0.25, 0.3) is 0 Å². The zero-order valence-corrected chi connectivity index (χ0v) is 18.6. The molecule has 0 bridgehead atoms. The fourth-order valence-electron chi connectivity index (χ4n) is 3.39. The number of benzene rings is 2. The lowest BCUT2D eigenvalue weighted by molar-refractivity contribution is 0.0473. The number of ketones is 1. The molecule has 1 aliphatic heterocycles. The minimum atomic E-state index is -4.08. The third-order valence-corrected chi connectivity index (χ3v) is 7.06. The summed E-state index contributed by atoms with van der Waals surface area (Å²) in [6, 6.07) is 7.53. The zero-order chi connectivity index (χ0) is 23.3. The second-order valence-electron chi connectivity index (χ2n) is 7.18. The van der Waals surface area contributed by atoms with Crippen molar-refractivity contribution >= 4 is 21.8 Å². The summed E-state index contributed by atoms with van der Waals surface area (Å²) >= 11 is 0. The molecular weight excluding hydrogens is 441 g/mol. The highest BCUT2D eigenvalue weighted by molar-refractivity contribution is 7.89. The molecule has 2 aromatic carbocycles. The molecule has 2 aromatic rings. The molecule has 3 rings (SSSR count). The van der Waals surface area contributed by atoms with Crippen LogP contribution in [0.2, 0.25) is 0 Å². The maximum absolute atomic E-state index is 14.3. The fraction of sp³-hybridized carbons (Fsp3) is 0.364. The van der Waals surface area contributed by atoms with Gasteiger partial charge in [0.2, 0.25) is 15.8 Å². The van der Waals surface area contributed by atoms with Gasteiger partial charge in [0, 0.05) is 19.2 Å². The van der Waals surface area contributed by atoms with Crippen LogP contribution < -0.4 is 9.47 Å². The summed E-state index contributed by atoms with van der Waals surface area (Å²) in [5.41, 5.74) is 0.0186. The van der Waals surface area contributed by atoms with E-state index in [0.717, 1.165) is 24.6 Å². The highest BCUT2D eigenvalue weighted by Crippen LogP contribution is 2.26. The van der Waals surface area contributed by atoms with E-state index in [1.807, 2.05) is 0 Å². The molecule has 172 valence electrons. The first kappa shape index (κ1) is 23.7. The molecule has 0 aliphatic carbocycles. The Balaban J connectivity index is 1.75. The van der Waals surface area contributed by atoms with Gasteiger partial charge in [-0.05, 0) is 43.2 Å². The monoisotopic (exact) mass is 465 g/mol. The van der Waals surface area contributed by atoms with Crippen LogP contribution in [-0.2, 0) is 14.8 Å². The number of piperidine rings is 1. The van der Waals surface area contributed by atoms with Crippen molar-refractivity contribution in [3.8, 4) is 11.5 Å². The maximum Gasteiger partial charge on any atom is 0.338 e. The van der Waals surface area contributed by atoms with Gasteiger partial charge in [-0.15, -0.1) is 0 Å². The van der Waals surface area contributed by atoms with Crippen molar-refractivity contribution in [1.82, 2.24) is 4.31 Å². The Kier molecular flexibility index (Phi) is 7.47. The molecular formula is C22H24FNO7S. The topological polar surface area (TPSA) is 99.2 Å². The van der Waals surface area contributed by atoms with E-state index in [1.54, 1.807) is 6.07 Å².